The molecule has 1 atom stereocenters. The van der Waals surface area contributed by atoms with Crippen LogP contribution in [0.1, 0.15) is 58.2 Å². The minimum absolute atomic E-state index is 0.215. The number of nitrogens with zero attached hydrogens (tertiary/aromatic N) is 4. The molecule has 2 aromatic heterocycles. The van der Waals surface area contributed by atoms with E-state index in [1.54, 1.807) is 29.9 Å². The first-order valence-electron chi connectivity index (χ1n) is 14.9. The number of benzene rings is 2. The molecule has 10 nitrogen and oxygen atoms in total. The zero-order chi connectivity index (χ0) is 31.6. The zero-order valence-electron chi connectivity index (χ0n) is 26.7. The Bertz CT molecular complexity index is 1600. The third kappa shape index (κ3) is 7.01. The largest absolute Gasteiger partial charge is 0.497 e. The highest BCUT2D eigenvalue weighted by molar-refractivity contribution is 5.86. The maximum atomic E-state index is 13.7. The Morgan fingerprint density at radius 3 is 2.07 bits per heavy atom. The Labute approximate surface area is 258 Å². The number of aromatic nitrogens is 3. The number of amides is 1. The van der Waals surface area contributed by atoms with Gasteiger partial charge in [0.25, 0.3) is 0 Å². The van der Waals surface area contributed by atoms with Crippen molar-refractivity contribution in [2.24, 2.45) is 5.41 Å². The maximum absolute atomic E-state index is 13.7. The molecule has 44 heavy (non-hydrogen) atoms. The van der Waals surface area contributed by atoms with E-state index in [1.807, 2.05) is 75.4 Å². The van der Waals surface area contributed by atoms with Gasteiger partial charge in [0.1, 0.15) is 22.6 Å². The van der Waals surface area contributed by atoms with Crippen LogP contribution in [0.15, 0.2) is 65.6 Å². The second-order valence-electron chi connectivity index (χ2n) is 13.3. The van der Waals surface area contributed by atoms with E-state index < -0.39 is 5.60 Å². The van der Waals surface area contributed by atoms with Crippen LogP contribution >= 0.6 is 0 Å². The van der Waals surface area contributed by atoms with Gasteiger partial charge in [0.15, 0.2) is 5.82 Å². The highest BCUT2D eigenvalue weighted by atomic mass is 16.6. The van der Waals surface area contributed by atoms with Crippen molar-refractivity contribution in [3.8, 4) is 11.5 Å². The number of hydrogen-bond donors (Lipinski definition) is 1. The summed E-state index contributed by atoms with van der Waals surface area (Å²) in [6.45, 7) is 11.9. The maximum Gasteiger partial charge on any atom is 0.410 e. The minimum Gasteiger partial charge on any atom is -0.497 e. The summed E-state index contributed by atoms with van der Waals surface area (Å²) in [7, 11) is 3.30. The van der Waals surface area contributed by atoms with Gasteiger partial charge < -0.3 is 29.0 Å². The van der Waals surface area contributed by atoms with Crippen molar-refractivity contribution >= 4 is 22.9 Å². The van der Waals surface area contributed by atoms with Crippen LogP contribution in [0.3, 0.4) is 0 Å². The molecular formula is C34H43N5O5. The molecule has 0 aliphatic carbocycles. The van der Waals surface area contributed by atoms with Gasteiger partial charge in [0.05, 0.1) is 25.8 Å². The van der Waals surface area contributed by atoms with Gasteiger partial charge in [-0.05, 0) is 74.1 Å². The summed E-state index contributed by atoms with van der Waals surface area (Å²) in [6.07, 6.45) is 2.12. The molecule has 5 rings (SSSR count). The van der Waals surface area contributed by atoms with Crippen molar-refractivity contribution in [2.45, 2.75) is 65.8 Å². The van der Waals surface area contributed by atoms with Crippen molar-refractivity contribution in [3.05, 3.63) is 82.4 Å². The molecule has 1 aliphatic heterocycles. The van der Waals surface area contributed by atoms with E-state index in [0.29, 0.717) is 37.5 Å². The van der Waals surface area contributed by atoms with Crippen LogP contribution in [0.5, 0.6) is 11.5 Å². The molecule has 1 fully saturated rings. The van der Waals surface area contributed by atoms with Crippen molar-refractivity contribution in [3.63, 3.8) is 0 Å². The van der Waals surface area contributed by atoms with Gasteiger partial charge in [0.2, 0.25) is 0 Å². The van der Waals surface area contributed by atoms with Crippen LogP contribution < -0.4 is 20.1 Å². The number of hydrogen-bond acceptors (Lipinski definition) is 7. The molecule has 1 N–H and O–H groups in total. The number of anilines is 1. The molecule has 0 spiro atoms. The summed E-state index contributed by atoms with van der Waals surface area (Å²) in [5.41, 5.74) is 2.50. The Balaban J connectivity index is 1.53. The fourth-order valence-corrected chi connectivity index (χ4v) is 5.99. The molecule has 0 radical (unpaired) electrons. The number of likely N-dealkylation sites (tertiary alicyclic amines) is 1. The quantitative estimate of drug-likeness (QED) is 0.258. The third-order valence-corrected chi connectivity index (χ3v) is 7.84. The lowest BCUT2D eigenvalue weighted by Crippen LogP contribution is -2.50. The van der Waals surface area contributed by atoms with Crippen molar-refractivity contribution < 1.29 is 19.0 Å². The number of piperidine rings is 1. The minimum atomic E-state index is -0.608. The average molecular weight is 602 g/mol. The van der Waals surface area contributed by atoms with Gasteiger partial charge in [-0.2, -0.15) is 0 Å². The first-order valence-corrected chi connectivity index (χ1v) is 14.9. The molecule has 0 saturated carbocycles. The lowest BCUT2D eigenvalue weighted by molar-refractivity contribution is 0.000436. The van der Waals surface area contributed by atoms with Gasteiger partial charge >= 0.3 is 11.8 Å². The monoisotopic (exact) mass is 601 g/mol. The number of rotatable bonds is 8. The van der Waals surface area contributed by atoms with E-state index in [2.05, 4.69) is 23.7 Å². The van der Waals surface area contributed by atoms with Gasteiger partial charge in [-0.3, -0.25) is 4.57 Å². The van der Waals surface area contributed by atoms with Crippen LogP contribution in [0, 0.1) is 5.41 Å². The molecule has 1 aliphatic rings. The first kappa shape index (κ1) is 31.0. The number of carbonyl (C=O) groups is 1. The molecule has 1 amide bonds. The van der Waals surface area contributed by atoms with Crippen molar-refractivity contribution in [1.82, 2.24) is 19.4 Å². The lowest BCUT2D eigenvalue weighted by Gasteiger charge is -2.43. The number of carbonyl (C=O) groups excluding carboxylic acids is 1. The molecule has 234 valence electrons. The SMILES string of the molecule is COc1ccc(CN(Cc2ccc(OC)cc2)c2nccc3c2[nH]c(=O)n3C2CN(C(=O)OC(C)(C)C)CC(C)(C)C2)cc1. The molecule has 0 bridgehead atoms. The van der Waals surface area contributed by atoms with Crippen LogP contribution in [0.25, 0.3) is 11.0 Å². The Hall–Kier alpha value is -4.47. The Morgan fingerprint density at radius 2 is 1.55 bits per heavy atom. The second-order valence-corrected chi connectivity index (χ2v) is 13.3. The standard InChI is InChI=1S/C34H43N5O5/c1-33(2,3)44-32(41)38-21-25(18-34(4,5)22-38)39-28-16-17-35-30(29(28)36-31(39)40)37(19-23-8-12-26(42-6)13-9-23)20-24-10-14-27(43-7)15-11-24/h8-17,25H,18-22H2,1-7H3,(H,36,40). The number of pyridine rings is 1. The molecule has 10 heteroatoms. The predicted octanol–water partition coefficient (Wildman–Crippen LogP) is 6.16. The number of ether oxygens (including phenoxy) is 3. The molecule has 3 heterocycles. The molecule has 1 saturated heterocycles. The summed E-state index contributed by atoms with van der Waals surface area (Å²) < 4.78 is 18.2. The summed E-state index contributed by atoms with van der Waals surface area (Å²) in [4.78, 5) is 38.6. The lowest BCUT2D eigenvalue weighted by atomic mass is 9.81. The summed E-state index contributed by atoms with van der Waals surface area (Å²) in [5.74, 6) is 2.24. The van der Waals surface area contributed by atoms with Gasteiger partial charge in [-0.25, -0.2) is 14.6 Å². The van der Waals surface area contributed by atoms with Gasteiger partial charge in [-0.1, -0.05) is 38.1 Å². The smallest absolute Gasteiger partial charge is 0.410 e. The topological polar surface area (TPSA) is 102 Å². The van der Waals surface area contributed by atoms with Crippen molar-refractivity contribution in [1.29, 1.82) is 0 Å². The van der Waals surface area contributed by atoms with Crippen LogP contribution in [-0.2, 0) is 17.8 Å². The third-order valence-electron chi connectivity index (χ3n) is 7.84. The zero-order valence-corrected chi connectivity index (χ0v) is 26.7. The molecule has 2 aromatic carbocycles. The fraction of sp³-hybridized carbons (Fsp3) is 0.441. The normalized spacial score (nSPS) is 16.5. The van der Waals surface area contributed by atoms with E-state index in [1.165, 1.54) is 0 Å². The number of fused-ring (bicyclic) bond motifs is 1. The highest BCUT2D eigenvalue weighted by Gasteiger charge is 2.38. The second kappa shape index (κ2) is 12.3. The van der Waals surface area contributed by atoms with Crippen molar-refractivity contribution in [2.75, 3.05) is 32.2 Å². The fourth-order valence-electron chi connectivity index (χ4n) is 5.99. The van der Waals surface area contributed by atoms with E-state index in [9.17, 15) is 9.59 Å². The Kier molecular flexibility index (Phi) is 8.63. The number of H-pyrrole nitrogens is 1. The number of nitrogens with one attached hydrogen (secondary N) is 1. The van der Waals surface area contributed by atoms with Crippen LogP contribution in [-0.4, -0.2) is 58.4 Å². The van der Waals surface area contributed by atoms with E-state index in [4.69, 9.17) is 19.2 Å². The van der Waals surface area contributed by atoms with Gasteiger partial charge in [-0.15, -0.1) is 0 Å². The first-order chi connectivity index (χ1) is 20.9. The summed E-state index contributed by atoms with van der Waals surface area (Å²) in [6, 6.07) is 17.5. The predicted molar refractivity (Wildman–Crippen MR) is 171 cm³/mol. The summed E-state index contributed by atoms with van der Waals surface area (Å²) in [5, 5.41) is 0. The van der Waals surface area contributed by atoms with Crippen LogP contribution in [0.2, 0.25) is 0 Å². The molecule has 4 aromatic rings. The number of methoxy groups -OCH3 is 2. The highest BCUT2D eigenvalue weighted by Crippen LogP contribution is 2.37. The summed E-state index contributed by atoms with van der Waals surface area (Å²) >= 11 is 0. The Morgan fingerprint density at radius 1 is 0.977 bits per heavy atom. The molecule has 1 unspecified atom stereocenters. The number of imidazole rings is 1. The van der Waals surface area contributed by atoms with Gasteiger partial charge in [0, 0.05) is 32.4 Å². The number of aromatic amines is 1. The van der Waals surface area contributed by atoms with E-state index >= 15 is 0 Å². The van der Waals surface area contributed by atoms with E-state index in [0.717, 1.165) is 34.6 Å². The van der Waals surface area contributed by atoms with E-state index in [-0.39, 0.29) is 23.2 Å². The average Bonchev–Trinajstić information content (AvgIpc) is 3.31. The molecular weight excluding hydrogens is 558 g/mol. The van der Waals surface area contributed by atoms with Crippen LogP contribution in [0.4, 0.5) is 10.6 Å².